The molecule has 4 heteroatoms. The fourth-order valence-electron chi connectivity index (χ4n) is 3.67. The lowest BCUT2D eigenvalue weighted by atomic mass is 9.91. The van der Waals surface area contributed by atoms with E-state index in [9.17, 15) is 0 Å². The van der Waals surface area contributed by atoms with Gasteiger partial charge in [-0.05, 0) is 70.3 Å². The summed E-state index contributed by atoms with van der Waals surface area (Å²) in [6, 6.07) is 11.9. The van der Waals surface area contributed by atoms with Crippen molar-refractivity contribution >= 4 is 0 Å². The highest BCUT2D eigenvalue weighted by atomic mass is 16.5. The smallest absolute Gasteiger partial charge is 0.123 e. The molecule has 0 aliphatic heterocycles. The van der Waals surface area contributed by atoms with Gasteiger partial charge >= 0.3 is 0 Å². The highest BCUT2D eigenvalue weighted by Gasteiger charge is 2.19. The van der Waals surface area contributed by atoms with Gasteiger partial charge in [-0.2, -0.15) is 0 Å². The van der Waals surface area contributed by atoms with Crippen LogP contribution in [0.3, 0.4) is 0 Å². The van der Waals surface area contributed by atoms with Gasteiger partial charge in [0.1, 0.15) is 5.75 Å². The summed E-state index contributed by atoms with van der Waals surface area (Å²) in [6.07, 6.45) is 6.92. The second-order valence-corrected chi connectivity index (χ2v) is 7.16. The molecule has 4 nitrogen and oxygen atoms in total. The highest BCUT2D eigenvalue weighted by molar-refractivity contribution is 5.65. The third-order valence-corrected chi connectivity index (χ3v) is 5.32. The molecule has 140 valence electrons. The molecule has 0 unspecified atom stereocenters. The first-order chi connectivity index (χ1) is 12.7. The molecule has 0 bridgehead atoms. The van der Waals surface area contributed by atoms with Crippen LogP contribution in [0, 0.1) is 6.92 Å². The Labute approximate surface area is 157 Å². The molecule has 0 atom stereocenters. The summed E-state index contributed by atoms with van der Waals surface area (Å²) in [5, 5.41) is 7.15. The molecule has 1 fully saturated rings. The molecule has 0 amide bonds. The Kier molecular flexibility index (Phi) is 6.64. The third-order valence-electron chi connectivity index (χ3n) is 5.32. The average molecular weight is 354 g/mol. The zero-order chi connectivity index (χ0) is 18.4. The number of nitrogens with one attached hydrogen (secondary N) is 2. The van der Waals surface area contributed by atoms with Gasteiger partial charge in [-0.15, -0.1) is 0 Å². The van der Waals surface area contributed by atoms with E-state index < -0.39 is 0 Å². The lowest BCUT2D eigenvalue weighted by Gasteiger charge is -2.29. The number of ether oxygens (including phenoxy) is 1. The van der Waals surface area contributed by atoms with Gasteiger partial charge in [0, 0.05) is 41.6 Å². The van der Waals surface area contributed by atoms with Crippen LogP contribution in [0.15, 0.2) is 36.5 Å². The van der Waals surface area contributed by atoms with Crippen molar-refractivity contribution < 1.29 is 4.74 Å². The molecule has 0 spiro atoms. The van der Waals surface area contributed by atoms with Crippen molar-refractivity contribution in [2.24, 2.45) is 0 Å². The maximum atomic E-state index is 5.86. The van der Waals surface area contributed by atoms with Crippen molar-refractivity contribution in [3.8, 4) is 16.9 Å². The van der Waals surface area contributed by atoms with Crippen LogP contribution in [-0.2, 0) is 6.54 Å². The number of aryl methyl sites for hydroxylation is 1. The molecule has 3 rings (SSSR count). The molecule has 1 aliphatic carbocycles. The molecule has 0 saturated heterocycles. The first-order valence-corrected chi connectivity index (χ1v) is 9.79. The van der Waals surface area contributed by atoms with Crippen LogP contribution >= 0.6 is 0 Å². The maximum absolute atomic E-state index is 5.86. The summed E-state index contributed by atoms with van der Waals surface area (Å²) >= 11 is 0. The van der Waals surface area contributed by atoms with Crippen molar-refractivity contribution in [1.82, 2.24) is 15.6 Å². The number of hydrogen-bond acceptors (Lipinski definition) is 4. The lowest BCUT2D eigenvalue weighted by molar-refractivity contribution is 0.310. The topological polar surface area (TPSA) is 46.2 Å². The number of nitrogens with zero attached hydrogens (tertiary/aromatic N) is 1. The van der Waals surface area contributed by atoms with Crippen LogP contribution in [0.2, 0.25) is 0 Å². The molecule has 1 saturated carbocycles. The molecule has 1 aromatic heterocycles. The van der Waals surface area contributed by atoms with Gasteiger partial charge in [-0.3, -0.25) is 4.98 Å². The number of aromatic nitrogens is 1. The quantitative estimate of drug-likeness (QED) is 0.787. The van der Waals surface area contributed by atoms with E-state index in [4.69, 9.17) is 4.74 Å². The SMILES string of the molecule is CCOc1ccc(-c2ccc(C)nc2)cc1CNC1CCC(NC)CC1. The zero-order valence-corrected chi connectivity index (χ0v) is 16.2. The van der Waals surface area contributed by atoms with E-state index in [0.29, 0.717) is 18.7 Å². The first-order valence-electron chi connectivity index (χ1n) is 9.79. The lowest BCUT2D eigenvalue weighted by Crippen LogP contribution is -2.38. The van der Waals surface area contributed by atoms with Crippen LogP contribution in [0.25, 0.3) is 11.1 Å². The average Bonchev–Trinajstić information content (AvgIpc) is 2.68. The summed E-state index contributed by atoms with van der Waals surface area (Å²) < 4.78 is 5.86. The summed E-state index contributed by atoms with van der Waals surface area (Å²) in [5.74, 6) is 0.979. The Hall–Kier alpha value is -1.91. The fourth-order valence-corrected chi connectivity index (χ4v) is 3.67. The van der Waals surface area contributed by atoms with Crippen LogP contribution in [-0.4, -0.2) is 30.7 Å². The predicted octanol–water partition coefficient (Wildman–Crippen LogP) is 4.08. The Balaban J connectivity index is 1.71. The van der Waals surface area contributed by atoms with Gasteiger partial charge in [0.2, 0.25) is 0 Å². The van der Waals surface area contributed by atoms with Gasteiger partial charge in [0.15, 0.2) is 0 Å². The summed E-state index contributed by atoms with van der Waals surface area (Å²) in [7, 11) is 2.07. The van der Waals surface area contributed by atoms with E-state index in [1.54, 1.807) is 0 Å². The molecular formula is C22H31N3O. The van der Waals surface area contributed by atoms with Crippen molar-refractivity contribution in [3.05, 3.63) is 47.8 Å². The second-order valence-electron chi connectivity index (χ2n) is 7.16. The first kappa shape index (κ1) is 18.9. The van der Waals surface area contributed by atoms with E-state index in [2.05, 4.69) is 53.0 Å². The van der Waals surface area contributed by atoms with Crippen molar-refractivity contribution in [1.29, 1.82) is 0 Å². The van der Waals surface area contributed by atoms with Gasteiger partial charge in [0.05, 0.1) is 6.61 Å². The van der Waals surface area contributed by atoms with Crippen molar-refractivity contribution in [2.75, 3.05) is 13.7 Å². The number of benzene rings is 1. The van der Waals surface area contributed by atoms with Gasteiger partial charge in [-0.25, -0.2) is 0 Å². The predicted molar refractivity (Wildman–Crippen MR) is 108 cm³/mol. The van der Waals surface area contributed by atoms with Crippen LogP contribution in [0.1, 0.15) is 43.9 Å². The Morgan fingerprint density at radius 3 is 2.42 bits per heavy atom. The Morgan fingerprint density at radius 1 is 1.04 bits per heavy atom. The van der Waals surface area contributed by atoms with Gasteiger partial charge in [-0.1, -0.05) is 12.1 Å². The minimum absolute atomic E-state index is 0.596. The standard InChI is InChI=1S/C22H31N3O/c1-4-26-22-12-7-17(18-6-5-16(2)24-14-18)13-19(22)15-25-21-10-8-20(23-3)9-11-21/h5-7,12-14,20-21,23,25H,4,8-11,15H2,1-3H3. The molecule has 2 aromatic rings. The molecule has 1 heterocycles. The number of hydrogen-bond donors (Lipinski definition) is 2. The number of rotatable bonds is 7. The van der Waals surface area contributed by atoms with Crippen molar-refractivity contribution in [2.45, 2.75) is 58.2 Å². The van der Waals surface area contributed by atoms with Crippen molar-refractivity contribution in [3.63, 3.8) is 0 Å². The van der Waals surface area contributed by atoms with Crippen LogP contribution in [0.5, 0.6) is 5.75 Å². The van der Waals surface area contributed by atoms with E-state index >= 15 is 0 Å². The summed E-state index contributed by atoms with van der Waals surface area (Å²) in [6.45, 7) is 5.58. The highest BCUT2D eigenvalue weighted by Crippen LogP contribution is 2.27. The molecule has 1 aliphatic rings. The second kappa shape index (κ2) is 9.15. The molecule has 26 heavy (non-hydrogen) atoms. The molecule has 2 N–H and O–H groups in total. The Bertz CT molecular complexity index is 691. The monoisotopic (exact) mass is 353 g/mol. The minimum Gasteiger partial charge on any atom is -0.494 e. The minimum atomic E-state index is 0.596. The fraction of sp³-hybridized carbons (Fsp3) is 0.500. The van der Waals surface area contributed by atoms with E-state index in [1.165, 1.54) is 36.8 Å². The summed E-state index contributed by atoms with van der Waals surface area (Å²) in [5.41, 5.74) is 4.60. The molecular weight excluding hydrogens is 322 g/mol. The summed E-state index contributed by atoms with van der Waals surface area (Å²) in [4.78, 5) is 4.43. The van der Waals surface area contributed by atoms with E-state index in [-0.39, 0.29) is 0 Å². The molecule has 1 aromatic carbocycles. The van der Waals surface area contributed by atoms with E-state index in [0.717, 1.165) is 23.6 Å². The normalized spacial score (nSPS) is 20.1. The molecule has 0 radical (unpaired) electrons. The third kappa shape index (κ3) is 4.83. The van der Waals surface area contributed by atoms with Gasteiger partial charge < -0.3 is 15.4 Å². The largest absolute Gasteiger partial charge is 0.494 e. The van der Waals surface area contributed by atoms with E-state index in [1.807, 2.05) is 20.0 Å². The van der Waals surface area contributed by atoms with Gasteiger partial charge in [0.25, 0.3) is 0 Å². The number of pyridine rings is 1. The maximum Gasteiger partial charge on any atom is 0.123 e. The Morgan fingerprint density at radius 2 is 1.77 bits per heavy atom. The van der Waals surface area contributed by atoms with Crippen LogP contribution in [0.4, 0.5) is 0 Å². The van der Waals surface area contributed by atoms with Crippen LogP contribution < -0.4 is 15.4 Å². The zero-order valence-electron chi connectivity index (χ0n) is 16.2.